The maximum atomic E-state index is 11.6. The Morgan fingerprint density at radius 2 is 2.38 bits per heavy atom. The summed E-state index contributed by atoms with van der Waals surface area (Å²) in [6.45, 7) is 8.57. The minimum absolute atomic E-state index is 0.160. The number of carbonyl (C=O) groups excluding carboxylic acids is 1. The van der Waals surface area contributed by atoms with E-state index in [-0.39, 0.29) is 12.0 Å². The number of rotatable bonds is 6. The first kappa shape index (κ1) is 15.2. The zero-order valence-electron chi connectivity index (χ0n) is 12.5. The minimum atomic E-state index is -0.160. The van der Waals surface area contributed by atoms with Gasteiger partial charge in [0.05, 0.1) is 6.61 Å². The molecule has 0 radical (unpaired) electrons. The van der Waals surface area contributed by atoms with Gasteiger partial charge in [0.1, 0.15) is 17.6 Å². The molecule has 1 aliphatic rings. The first-order chi connectivity index (χ1) is 10.1. The first-order valence-electron chi connectivity index (χ1n) is 7.17. The van der Waals surface area contributed by atoms with Gasteiger partial charge in [-0.25, -0.2) is 0 Å². The molecule has 1 amide bonds. The van der Waals surface area contributed by atoms with Gasteiger partial charge in [-0.1, -0.05) is 6.08 Å². The summed E-state index contributed by atoms with van der Waals surface area (Å²) in [5.74, 6) is 1.49. The zero-order valence-corrected chi connectivity index (χ0v) is 12.5. The molecule has 4 heteroatoms. The van der Waals surface area contributed by atoms with E-state index in [0.29, 0.717) is 13.2 Å². The van der Waals surface area contributed by atoms with E-state index in [4.69, 9.17) is 9.47 Å². The Morgan fingerprint density at radius 1 is 1.57 bits per heavy atom. The maximum Gasteiger partial charge on any atom is 0.244 e. The second-order valence-corrected chi connectivity index (χ2v) is 4.93. The third kappa shape index (κ3) is 3.88. The molecule has 0 saturated heterocycles. The van der Waals surface area contributed by atoms with Crippen LogP contribution in [0.3, 0.4) is 0 Å². The highest BCUT2D eigenvalue weighted by atomic mass is 16.5. The summed E-state index contributed by atoms with van der Waals surface area (Å²) in [5.41, 5.74) is 2.00. The summed E-state index contributed by atoms with van der Waals surface area (Å²) in [5, 5.41) is 2.70. The van der Waals surface area contributed by atoms with Crippen LogP contribution in [-0.2, 0) is 11.2 Å². The predicted molar refractivity (Wildman–Crippen MR) is 83.6 cm³/mol. The number of amides is 1. The van der Waals surface area contributed by atoms with Crippen LogP contribution in [0.1, 0.15) is 25.0 Å². The topological polar surface area (TPSA) is 47.6 Å². The standard InChI is InChI=1S/C17H21NO3/c1-4-8-18-17(19)7-6-13-10-16-14(9-12(3)21-16)11-15(13)20-5-2/h4,6-7,10-12H,1,5,8-9H2,2-3H3,(H,18,19)/b7-6+/t12-/m1/s1. The average Bonchev–Trinajstić information content (AvgIpc) is 2.82. The van der Waals surface area contributed by atoms with Crippen LogP contribution >= 0.6 is 0 Å². The van der Waals surface area contributed by atoms with Crippen LogP contribution in [0.5, 0.6) is 11.5 Å². The van der Waals surface area contributed by atoms with Gasteiger partial charge >= 0.3 is 0 Å². The van der Waals surface area contributed by atoms with Crippen molar-refractivity contribution >= 4 is 12.0 Å². The van der Waals surface area contributed by atoms with Gasteiger partial charge in [-0.3, -0.25) is 4.79 Å². The average molecular weight is 287 g/mol. The summed E-state index contributed by atoms with van der Waals surface area (Å²) in [4.78, 5) is 11.6. The Bertz CT molecular complexity index is 563. The van der Waals surface area contributed by atoms with Gasteiger partial charge in [-0.2, -0.15) is 0 Å². The van der Waals surface area contributed by atoms with Crippen molar-refractivity contribution in [2.45, 2.75) is 26.4 Å². The van der Waals surface area contributed by atoms with Gasteiger partial charge in [-0.05, 0) is 32.1 Å². The monoisotopic (exact) mass is 287 g/mol. The molecule has 1 heterocycles. The fourth-order valence-electron chi connectivity index (χ4n) is 2.26. The second-order valence-electron chi connectivity index (χ2n) is 4.93. The molecule has 0 fully saturated rings. The molecule has 112 valence electrons. The smallest absolute Gasteiger partial charge is 0.244 e. The van der Waals surface area contributed by atoms with Crippen molar-refractivity contribution < 1.29 is 14.3 Å². The molecule has 1 aliphatic heterocycles. The Kier molecular flexibility index (Phi) is 5.04. The molecular formula is C17H21NO3. The Balaban J connectivity index is 2.21. The van der Waals surface area contributed by atoms with Crippen molar-refractivity contribution in [2.75, 3.05) is 13.2 Å². The molecule has 0 spiro atoms. The molecule has 1 aromatic carbocycles. The highest BCUT2D eigenvalue weighted by Crippen LogP contribution is 2.35. The van der Waals surface area contributed by atoms with E-state index in [1.807, 2.05) is 26.0 Å². The third-order valence-corrected chi connectivity index (χ3v) is 3.16. The molecule has 0 unspecified atom stereocenters. The molecule has 21 heavy (non-hydrogen) atoms. The van der Waals surface area contributed by atoms with Crippen molar-refractivity contribution in [3.63, 3.8) is 0 Å². The molecule has 0 aliphatic carbocycles. The molecule has 4 nitrogen and oxygen atoms in total. The number of hydrogen-bond acceptors (Lipinski definition) is 3. The lowest BCUT2D eigenvalue weighted by Gasteiger charge is -2.10. The Labute approximate surface area is 125 Å². The van der Waals surface area contributed by atoms with E-state index in [2.05, 4.69) is 11.9 Å². The number of benzene rings is 1. The normalized spacial score (nSPS) is 16.4. The lowest BCUT2D eigenvalue weighted by atomic mass is 10.1. The van der Waals surface area contributed by atoms with Crippen molar-refractivity contribution in [2.24, 2.45) is 0 Å². The number of ether oxygens (including phenoxy) is 2. The molecule has 1 aromatic rings. The predicted octanol–water partition coefficient (Wildman–Crippen LogP) is 2.72. The van der Waals surface area contributed by atoms with Gasteiger partial charge in [0.2, 0.25) is 5.91 Å². The van der Waals surface area contributed by atoms with Gasteiger partial charge in [0.15, 0.2) is 0 Å². The Hall–Kier alpha value is -2.23. The highest BCUT2D eigenvalue weighted by Gasteiger charge is 2.21. The fraction of sp³-hybridized carbons (Fsp3) is 0.353. The number of fused-ring (bicyclic) bond motifs is 1. The number of hydrogen-bond donors (Lipinski definition) is 1. The molecule has 2 rings (SSSR count). The summed E-state index contributed by atoms with van der Waals surface area (Å²) in [6.07, 6.45) is 5.95. The largest absolute Gasteiger partial charge is 0.493 e. The van der Waals surface area contributed by atoms with E-state index in [1.54, 1.807) is 12.2 Å². The van der Waals surface area contributed by atoms with Gasteiger partial charge in [0, 0.05) is 30.2 Å². The highest BCUT2D eigenvalue weighted by molar-refractivity contribution is 5.92. The van der Waals surface area contributed by atoms with Crippen molar-refractivity contribution in [3.05, 3.63) is 42.0 Å². The van der Waals surface area contributed by atoms with E-state index in [1.165, 1.54) is 6.08 Å². The van der Waals surface area contributed by atoms with Crippen LogP contribution in [0.25, 0.3) is 6.08 Å². The third-order valence-electron chi connectivity index (χ3n) is 3.16. The summed E-state index contributed by atoms with van der Waals surface area (Å²) < 4.78 is 11.4. The molecule has 0 saturated carbocycles. The summed E-state index contributed by atoms with van der Waals surface area (Å²) >= 11 is 0. The minimum Gasteiger partial charge on any atom is -0.493 e. The molecule has 0 aromatic heterocycles. The van der Waals surface area contributed by atoms with E-state index in [9.17, 15) is 4.79 Å². The van der Waals surface area contributed by atoms with Gasteiger partial charge in [0.25, 0.3) is 0 Å². The first-order valence-corrected chi connectivity index (χ1v) is 7.17. The lowest BCUT2D eigenvalue weighted by Crippen LogP contribution is -2.20. The Morgan fingerprint density at radius 3 is 3.10 bits per heavy atom. The van der Waals surface area contributed by atoms with Crippen LogP contribution in [0.2, 0.25) is 0 Å². The summed E-state index contributed by atoms with van der Waals surface area (Å²) in [6, 6.07) is 3.94. The fourth-order valence-corrected chi connectivity index (χ4v) is 2.26. The zero-order chi connectivity index (χ0) is 15.2. The quantitative estimate of drug-likeness (QED) is 0.646. The SMILES string of the molecule is C=CCNC(=O)/C=C/c1cc2c(cc1OCC)C[C@@H](C)O2. The van der Waals surface area contributed by atoms with Crippen molar-refractivity contribution in [1.82, 2.24) is 5.32 Å². The molecule has 1 N–H and O–H groups in total. The van der Waals surface area contributed by atoms with Crippen LogP contribution in [0.4, 0.5) is 0 Å². The maximum absolute atomic E-state index is 11.6. The van der Waals surface area contributed by atoms with Crippen molar-refractivity contribution in [1.29, 1.82) is 0 Å². The lowest BCUT2D eigenvalue weighted by molar-refractivity contribution is -0.116. The van der Waals surface area contributed by atoms with E-state index < -0.39 is 0 Å². The van der Waals surface area contributed by atoms with Crippen LogP contribution in [-0.4, -0.2) is 25.2 Å². The number of nitrogens with one attached hydrogen (secondary N) is 1. The van der Waals surface area contributed by atoms with Gasteiger partial charge in [-0.15, -0.1) is 6.58 Å². The van der Waals surface area contributed by atoms with Crippen LogP contribution in [0.15, 0.2) is 30.9 Å². The number of carbonyl (C=O) groups is 1. The van der Waals surface area contributed by atoms with Crippen molar-refractivity contribution in [3.8, 4) is 11.5 Å². The van der Waals surface area contributed by atoms with E-state index >= 15 is 0 Å². The van der Waals surface area contributed by atoms with Crippen LogP contribution < -0.4 is 14.8 Å². The van der Waals surface area contributed by atoms with E-state index in [0.717, 1.165) is 29.0 Å². The molecule has 1 atom stereocenters. The summed E-state index contributed by atoms with van der Waals surface area (Å²) in [7, 11) is 0. The molecule has 0 bridgehead atoms. The van der Waals surface area contributed by atoms with Gasteiger partial charge < -0.3 is 14.8 Å². The second kappa shape index (κ2) is 6.97. The van der Waals surface area contributed by atoms with Crippen LogP contribution in [0, 0.1) is 0 Å². The molecular weight excluding hydrogens is 266 g/mol.